The minimum absolute atomic E-state index is 0.0162. The minimum atomic E-state index is -0.214. The maximum atomic E-state index is 11.9. The Kier molecular flexibility index (Phi) is 54.4. The molecule has 5 aromatic carbocycles. The van der Waals surface area contributed by atoms with Gasteiger partial charge in [0.1, 0.15) is 6.33 Å². The molecule has 12 rings (SSSR count). The van der Waals surface area contributed by atoms with Gasteiger partial charge in [0.25, 0.3) is 0 Å². The Labute approximate surface area is 815 Å². The van der Waals surface area contributed by atoms with Gasteiger partial charge in [0.05, 0.1) is 22.8 Å². The molecular weight excluding hydrogens is 1770 g/mol. The van der Waals surface area contributed by atoms with Crippen molar-refractivity contribution in [3.63, 3.8) is 0 Å². The van der Waals surface area contributed by atoms with Gasteiger partial charge in [-0.2, -0.15) is 0 Å². The number of aliphatic imine (C=N–C) groups is 3. The molecule has 3 aliphatic heterocycles. The van der Waals surface area contributed by atoms with Gasteiger partial charge in [-0.05, 0) is 164 Å². The molecular formula is C100H146Cl2N24O10. The van der Waals surface area contributed by atoms with Gasteiger partial charge in [-0.1, -0.05) is 125 Å². The van der Waals surface area contributed by atoms with Crippen LogP contribution in [0.5, 0.6) is 0 Å². The van der Waals surface area contributed by atoms with Crippen molar-refractivity contribution >= 4 is 129 Å². The summed E-state index contributed by atoms with van der Waals surface area (Å²) in [5.74, 6) is 0.137. The Morgan fingerprint density at radius 1 is 0.471 bits per heavy atom. The van der Waals surface area contributed by atoms with Gasteiger partial charge in [0.2, 0.25) is 11.8 Å². The third-order valence-electron chi connectivity index (χ3n) is 19.5. The van der Waals surface area contributed by atoms with Crippen molar-refractivity contribution in [1.82, 2.24) is 78.4 Å². The number of hydrogen-bond donors (Lipinski definition) is 7. The number of amides is 16. The second kappa shape index (κ2) is 62.6. The molecule has 2 atom stereocenters. The number of nitrogens with zero attached hydrogens (tertiary/aromatic N) is 17. The van der Waals surface area contributed by atoms with Crippen LogP contribution in [0.15, 0.2) is 229 Å². The highest BCUT2D eigenvalue weighted by molar-refractivity contribution is 6.42. The second-order valence-corrected chi connectivity index (χ2v) is 35.5. The molecule has 3 aromatic heterocycles. The fourth-order valence-corrected chi connectivity index (χ4v) is 12.2. The summed E-state index contributed by atoms with van der Waals surface area (Å²) in [6, 6.07) is 38.1. The molecule has 7 N–H and O–H groups in total. The van der Waals surface area contributed by atoms with Crippen molar-refractivity contribution in [3.05, 3.63) is 246 Å². The summed E-state index contributed by atoms with van der Waals surface area (Å²) in [4.78, 5) is 147. The molecule has 16 amide bonds. The molecule has 36 heteroatoms. The number of nitrogens with one attached hydrogen (secondary N) is 7. The number of urea groups is 7. The summed E-state index contributed by atoms with van der Waals surface area (Å²) >= 11 is 11.6. The first-order valence-corrected chi connectivity index (χ1v) is 44.9. The third kappa shape index (κ3) is 50.3. The van der Waals surface area contributed by atoms with E-state index in [1.54, 1.807) is 228 Å². The van der Waals surface area contributed by atoms with Gasteiger partial charge in [0.15, 0.2) is 0 Å². The lowest BCUT2D eigenvalue weighted by Gasteiger charge is -2.47. The molecule has 0 saturated heterocycles. The van der Waals surface area contributed by atoms with Crippen LogP contribution in [-0.2, 0) is 29.5 Å². The van der Waals surface area contributed by atoms with E-state index in [-0.39, 0.29) is 76.9 Å². The number of halogens is 2. The number of hydrogen-bond acceptors (Lipinski definition) is 15. The molecule has 6 heterocycles. The lowest BCUT2D eigenvalue weighted by molar-refractivity contribution is -0.128. The van der Waals surface area contributed by atoms with E-state index in [1.165, 1.54) is 68.8 Å². The van der Waals surface area contributed by atoms with E-state index in [0.29, 0.717) is 34.4 Å². The molecule has 34 nitrogen and oxygen atoms in total. The second-order valence-electron chi connectivity index (χ2n) is 34.7. The van der Waals surface area contributed by atoms with E-state index in [2.05, 4.69) is 110 Å². The highest BCUT2D eigenvalue weighted by atomic mass is 35.5. The number of rotatable bonds is 14. The Bertz CT molecular complexity index is 5050. The number of carbonyl (C=O) groups excluding carboxylic acids is 10. The van der Waals surface area contributed by atoms with Crippen molar-refractivity contribution in [2.24, 2.45) is 32.9 Å². The van der Waals surface area contributed by atoms with Gasteiger partial charge < -0.3 is 85.9 Å². The molecule has 136 heavy (non-hydrogen) atoms. The maximum Gasteiger partial charge on any atom is 0.337 e. The Hall–Kier alpha value is -13.9. The zero-order valence-corrected chi connectivity index (χ0v) is 86.0. The summed E-state index contributed by atoms with van der Waals surface area (Å²) in [6.45, 7) is 17.1. The average molecular weight is 1920 g/mol. The van der Waals surface area contributed by atoms with Gasteiger partial charge >= 0.3 is 48.2 Å². The Morgan fingerprint density at radius 3 is 1.32 bits per heavy atom. The molecule has 4 aliphatic rings. The molecule has 1 fully saturated rings. The van der Waals surface area contributed by atoms with Crippen LogP contribution in [0.3, 0.4) is 0 Å². The number of aryl methyl sites for hydroxylation is 2. The van der Waals surface area contributed by atoms with E-state index in [4.69, 9.17) is 23.2 Å². The highest BCUT2D eigenvalue weighted by Gasteiger charge is 2.42. The number of aromatic nitrogens is 5. The molecule has 1 saturated carbocycles. The van der Waals surface area contributed by atoms with Gasteiger partial charge in [-0.15, -0.1) is 0 Å². The first kappa shape index (κ1) is 118. The summed E-state index contributed by atoms with van der Waals surface area (Å²) in [5, 5.41) is 20.9. The van der Waals surface area contributed by atoms with E-state index in [0.717, 1.165) is 97.1 Å². The number of anilines is 5. The van der Waals surface area contributed by atoms with Crippen LogP contribution in [0.4, 0.5) is 66.8 Å². The molecule has 2 unspecified atom stereocenters. The molecule has 8 aromatic rings. The number of imidazole rings is 2. The summed E-state index contributed by atoms with van der Waals surface area (Å²) in [7, 11) is 32.7. The van der Waals surface area contributed by atoms with Crippen molar-refractivity contribution in [3.8, 4) is 0 Å². The smallest absolute Gasteiger partial charge is 0.337 e. The summed E-state index contributed by atoms with van der Waals surface area (Å²) in [5.41, 5.74) is 11.9. The van der Waals surface area contributed by atoms with Gasteiger partial charge in [0, 0.05) is 275 Å². The summed E-state index contributed by atoms with van der Waals surface area (Å²) in [6.07, 6.45) is 34.5. The topological polar surface area (TPSA) is 362 Å². The van der Waals surface area contributed by atoms with Crippen molar-refractivity contribution < 1.29 is 47.9 Å². The first-order valence-electron chi connectivity index (χ1n) is 44.1. The molecule has 1 aliphatic carbocycles. The standard InChI is InChI=1S/C19H24N4O2.C16H32N4O2.C13H20N4O2.C10H11Cl2NO.C9H12N2O.C8H7N3O.C7H11N.C6H9N.C4H6N2.C4H9NO.C4H5N/c1-22(2)18(24)20-16-9-5-14(6-10-16)13-15-7-11-17(12-8-15)21-19(25)23(3)4;1-15(2)8-12(18-14(22)20(6)7)9-16(3,10-15)11-17-13(21)19(4)5;1-9-6-7-10(14-12(18)16(2)3)8-11(9)15-13(19)17(4)5;1-13(2)10(14)6-7-3-4-8(11)9(12)5-7;1-11(2)9(12)10-8-6-4-3-5-7-8;12-8(10-4-1-2-5-10)11-6-3-9-7-11;1-3-7-4-6(2)5-8-7;1-2-6-4-3-5-7-6;1-6-3-2-5-4-6;1-4(6)5(2)3;1-2-4-5-3-1/h5-12H,13H2,1-4H3,(H,20,24)(H,21,25);12H,8-11H2,1-7H3,(H,17,21)(H,18,22);6-8H,1-5H3,(H,14,18)(H,15,19);3-5H,6H2,1-2H3;3-7H,1-2H3,(H,10,12);1-7H;5H,3-4H2,1-2H3;3,5H,2,4H2,1H3;2-4H,1H3;1-3H3;1,3-4H,2H2. The lowest BCUT2D eigenvalue weighted by Crippen LogP contribution is -2.52. The first-order chi connectivity index (χ1) is 64.0. The summed E-state index contributed by atoms with van der Waals surface area (Å²) < 4.78 is 4.79. The predicted molar refractivity (Wildman–Crippen MR) is 555 cm³/mol. The fourth-order valence-electron chi connectivity index (χ4n) is 11.8. The van der Waals surface area contributed by atoms with Crippen LogP contribution in [0.25, 0.3) is 0 Å². The molecule has 0 bridgehead atoms. The van der Waals surface area contributed by atoms with Crippen LogP contribution in [-0.4, -0.2) is 285 Å². The van der Waals surface area contributed by atoms with Crippen LogP contribution < -0.4 is 37.2 Å². The zero-order chi connectivity index (χ0) is 102. The number of carbonyl (C=O) groups is 10. The predicted octanol–water partition coefficient (Wildman–Crippen LogP) is 18.8. The fraction of sp³-hybridized carbons (Fsp3) is 0.410. The molecule has 0 spiro atoms. The van der Waals surface area contributed by atoms with Crippen molar-refractivity contribution in [1.29, 1.82) is 0 Å². The molecule has 0 radical (unpaired) electrons. The van der Waals surface area contributed by atoms with E-state index < -0.39 is 0 Å². The van der Waals surface area contributed by atoms with Gasteiger partial charge in [-0.25, -0.2) is 48.3 Å². The lowest BCUT2D eigenvalue weighted by atomic mass is 9.62. The maximum absolute atomic E-state index is 11.9. The largest absolute Gasteiger partial charge is 0.349 e. The van der Waals surface area contributed by atoms with Crippen LogP contribution in [0.2, 0.25) is 10.0 Å². The van der Waals surface area contributed by atoms with Gasteiger partial charge in [-0.3, -0.25) is 33.7 Å². The zero-order valence-electron chi connectivity index (χ0n) is 84.5. The number of likely N-dealkylation sites (N-methyl/N-ethyl adjacent to an activating group) is 1. The highest BCUT2D eigenvalue weighted by Crippen LogP contribution is 2.46. The van der Waals surface area contributed by atoms with Crippen molar-refractivity contribution in [2.75, 3.05) is 160 Å². The number of para-hydroxylation sites is 1. The monoisotopic (exact) mass is 1910 g/mol. The van der Waals surface area contributed by atoms with Crippen molar-refractivity contribution in [2.45, 2.75) is 126 Å². The normalized spacial score (nSPS) is 13.7. The van der Waals surface area contributed by atoms with Crippen LogP contribution in [0.1, 0.15) is 122 Å². The SMILES string of the molecule is C1=CN=CC1.CC(=O)N(C)C.CCC1=NC=C(C)C1.CCC1=NC=CC1.CN(C)C(=O)Cc1ccc(Cl)c(Cl)c1.CN(C)C(=O)NCC1(C)CC(NC(=O)N(C)C)CC(C)(C)C1.CN(C)C(=O)Nc1ccc(Cc2ccc(NC(=O)N(C)C)cc2)cc1.CN(C)C(=O)Nc1ccccc1.Cc1ccc(NC(=O)N(C)C)cc1NC(=O)N(C)C.Cn1ccnc1.O=C(n1cccc1)n1ccnc1. The quantitative estimate of drug-likeness (QED) is 0.0534. The average Bonchev–Trinajstić information content (AvgIpc) is 0.930. The number of benzene rings is 5. The van der Waals surface area contributed by atoms with E-state index in [1.807, 2.05) is 134 Å². The Balaban J connectivity index is 0.000000523. The van der Waals surface area contributed by atoms with E-state index >= 15 is 0 Å². The van der Waals surface area contributed by atoms with E-state index in [9.17, 15) is 47.9 Å². The number of allylic oxidation sites excluding steroid dienone is 3. The third-order valence-corrected chi connectivity index (χ3v) is 20.3. The van der Waals surface area contributed by atoms with Crippen LogP contribution in [0, 0.1) is 17.8 Å². The van der Waals surface area contributed by atoms with Crippen LogP contribution >= 0.6 is 23.2 Å². The minimum Gasteiger partial charge on any atom is -0.349 e. The Morgan fingerprint density at radius 2 is 0.949 bits per heavy atom. The molecule has 740 valence electrons.